The lowest BCUT2D eigenvalue weighted by Crippen LogP contribution is -2.65. The van der Waals surface area contributed by atoms with Gasteiger partial charge in [0.05, 0.1) is 0 Å². The molecule has 0 aliphatic heterocycles. The average Bonchev–Trinajstić information content (AvgIpc) is 2.67. The van der Waals surface area contributed by atoms with Crippen molar-refractivity contribution in [2.24, 2.45) is 0 Å². The third-order valence-corrected chi connectivity index (χ3v) is 4.79. The third kappa shape index (κ3) is 3.98. The molecule has 12 heteroatoms. The molecule has 166 valence electrons. The van der Waals surface area contributed by atoms with E-state index in [4.69, 9.17) is 23.2 Å². The minimum Gasteiger partial charge on any atom is -0.382 e. The summed E-state index contributed by atoms with van der Waals surface area (Å²) in [5.74, 6) is -25.7. The Hall–Kier alpha value is -1.62. The van der Waals surface area contributed by atoms with Crippen molar-refractivity contribution in [3.63, 3.8) is 0 Å². The van der Waals surface area contributed by atoms with Crippen molar-refractivity contribution in [3.05, 3.63) is 69.7 Å². The molecule has 0 aromatic heterocycles. The zero-order valence-electron chi connectivity index (χ0n) is 14.4. The molecule has 30 heavy (non-hydrogen) atoms. The van der Waals surface area contributed by atoms with Gasteiger partial charge in [-0.05, 0) is 35.4 Å². The Morgan fingerprint density at radius 1 is 0.533 bits per heavy atom. The van der Waals surface area contributed by atoms with Crippen LogP contribution in [0.15, 0.2) is 48.5 Å². The average molecular weight is 483 g/mol. The molecule has 0 fully saturated rings. The van der Waals surface area contributed by atoms with Gasteiger partial charge < -0.3 is 10.2 Å². The first-order valence-corrected chi connectivity index (χ1v) is 8.71. The van der Waals surface area contributed by atoms with Crippen molar-refractivity contribution in [1.82, 2.24) is 0 Å². The largest absolute Gasteiger partial charge is 0.382 e. The minimum atomic E-state index is -6.78. The number of aliphatic hydroxyl groups excluding tert-OH is 2. The molecule has 0 amide bonds. The van der Waals surface area contributed by atoms with E-state index in [1.807, 2.05) is 0 Å². The number of hydrogen-bond donors (Lipinski definition) is 2. The van der Waals surface area contributed by atoms with Crippen molar-refractivity contribution >= 4 is 23.2 Å². The van der Waals surface area contributed by atoms with E-state index in [2.05, 4.69) is 0 Å². The summed E-state index contributed by atoms with van der Waals surface area (Å²) in [6.07, 6.45) is -7.17. The van der Waals surface area contributed by atoms with Crippen LogP contribution in [-0.4, -0.2) is 33.9 Å². The van der Waals surface area contributed by atoms with Crippen LogP contribution in [-0.2, 0) is 0 Å². The van der Waals surface area contributed by atoms with Crippen LogP contribution in [0.25, 0.3) is 0 Å². The predicted molar refractivity (Wildman–Crippen MR) is 92.6 cm³/mol. The molecule has 2 aromatic carbocycles. The topological polar surface area (TPSA) is 40.5 Å². The van der Waals surface area contributed by atoms with Crippen LogP contribution in [0.4, 0.5) is 35.1 Å². The van der Waals surface area contributed by atoms with Crippen molar-refractivity contribution in [1.29, 1.82) is 0 Å². The molecule has 0 aliphatic rings. The lowest BCUT2D eigenvalue weighted by Gasteiger charge is -2.40. The first-order valence-electron chi connectivity index (χ1n) is 7.95. The molecular weight excluding hydrogens is 471 g/mol. The Bertz CT molecular complexity index is 799. The van der Waals surface area contributed by atoms with Gasteiger partial charge in [0.25, 0.3) is 0 Å². The standard InChI is InChI=1S/C18H12Cl2F8O2/c19-11-5-1-9(2-6-11)13(29)15(21,22)17(25,26)18(27,28)16(23,24)14(30)10-3-7-12(20)8-4-10/h1-8,13-14,29-30H. The molecule has 0 radical (unpaired) electrons. The van der Waals surface area contributed by atoms with Gasteiger partial charge >= 0.3 is 23.7 Å². The Labute approximate surface area is 174 Å². The quantitative estimate of drug-likeness (QED) is 0.454. The van der Waals surface area contributed by atoms with Crippen LogP contribution in [0.2, 0.25) is 10.0 Å². The van der Waals surface area contributed by atoms with Crippen molar-refractivity contribution in [2.45, 2.75) is 35.9 Å². The SMILES string of the molecule is OC(c1ccc(Cl)cc1)C(F)(F)C(F)(F)C(F)(F)C(F)(F)C(O)c1ccc(Cl)cc1. The Balaban J connectivity index is 2.45. The van der Waals surface area contributed by atoms with Crippen LogP contribution >= 0.6 is 23.2 Å². The van der Waals surface area contributed by atoms with Gasteiger partial charge in [0.2, 0.25) is 0 Å². The van der Waals surface area contributed by atoms with E-state index in [1.54, 1.807) is 0 Å². The van der Waals surface area contributed by atoms with Crippen LogP contribution in [0, 0.1) is 0 Å². The second-order valence-electron chi connectivity index (χ2n) is 6.30. The van der Waals surface area contributed by atoms with Gasteiger partial charge in [-0.3, -0.25) is 0 Å². The Kier molecular flexibility index (Phi) is 6.69. The second kappa shape index (κ2) is 8.14. The molecule has 2 nitrogen and oxygen atoms in total. The molecular formula is C18H12Cl2F8O2. The minimum absolute atomic E-state index is 0.0519. The van der Waals surface area contributed by atoms with Crippen molar-refractivity contribution < 1.29 is 45.3 Å². The van der Waals surface area contributed by atoms with Crippen molar-refractivity contribution in [2.75, 3.05) is 0 Å². The summed E-state index contributed by atoms with van der Waals surface area (Å²) in [5.41, 5.74) is -1.94. The second-order valence-corrected chi connectivity index (χ2v) is 7.18. The fraction of sp³-hybridized carbons (Fsp3) is 0.333. The van der Waals surface area contributed by atoms with E-state index < -0.39 is 47.0 Å². The first kappa shape index (κ1) is 24.6. The van der Waals surface area contributed by atoms with Crippen LogP contribution in [0.5, 0.6) is 0 Å². The van der Waals surface area contributed by atoms with Crippen LogP contribution in [0.1, 0.15) is 23.3 Å². The fourth-order valence-corrected chi connectivity index (χ4v) is 2.72. The van der Waals surface area contributed by atoms with E-state index in [9.17, 15) is 45.3 Å². The van der Waals surface area contributed by atoms with Gasteiger partial charge in [0.1, 0.15) is 12.2 Å². The monoisotopic (exact) mass is 482 g/mol. The maximum Gasteiger partial charge on any atom is 0.381 e. The predicted octanol–water partition coefficient (Wildman–Crippen LogP) is 6.30. The molecule has 2 unspecified atom stereocenters. The summed E-state index contributed by atoms with van der Waals surface area (Å²) in [6, 6.07) is 6.12. The smallest absolute Gasteiger partial charge is 0.381 e. The molecule has 0 saturated heterocycles. The number of benzene rings is 2. The molecule has 2 N–H and O–H groups in total. The number of rotatable bonds is 7. The highest BCUT2D eigenvalue weighted by Crippen LogP contribution is 2.58. The third-order valence-electron chi connectivity index (χ3n) is 4.29. The summed E-state index contributed by atoms with van der Waals surface area (Å²) < 4.78 is 113. The van der Waals surface area contributed by atoms with Gasteiger partial charge in [-0.2, -0.15) is 35.1 Å². The van der Waals surface area contributed by atoms with Crippen LogP contribution < -0.4 is 0 Å². The molecule has 2 aromatic rings. The molecule has 2 rings (SSSR count). The zero-order chi connectivity index (χ0) is 23.1. The first-order chi connectivity index (χ1) is 13.6. The van der Waals surface area contributed by atoms with Crippen LogP contribution in [0.3, 0.4) is 0 Å². The highest BCUT2D eigenvalue weighted by molar-refractivity contribution is 6.30. The molecule has 2 atom stereocenters. The zero-order valence-corrected chi connectivity index (χ0v) is 16.0. The number of aliphatic hydroxyl groups is 2. The van der Waals surface area contributed by atoms with E-state index in [-0.39, 0.29) is 10.0 Å². The van der Waals surface area contributed by atoms with Gasteiger partial charge in [-0.25, -0.2) is 0 Å². The maximum absolute atomic E-state index is 14.2. The van der Waals surface area contributed by atoms with Gasteiger partial charge in [0, 0.05) is 10.0 Å². The highest BCUT2D eigenvalue weighted by Gasteiger charge is 2.83. The molecule has 0 saturated carbocycles. The Morgan fingerprint density at radius 3 is 1.00 bits per heavy atom. The number of alkyl halides is 8. The number of halogens is 10. The van der Waals surface area contributed by atoms with Crippen molar-refractivity contribution in [3.8, 4) is 0 Å². The van der Waals surface area contributed by atoms with E-state index in [1.165, 1.54) is 0 Å². The summed E-state index contributed by atoms with van der Waals surface area (Å²) in [7, 11) is 0. The normalized spacial score (nSPS) is 15.7. The Morgan fingerprint density at radius 2 is 0.767 bits per heavy atom. The molecule has 0 spiro atoms. The van der Waals surface area contributed by atoms with E-state index in [0.29, 0.717) is 24.3 Å². The summed E-state index contributed by atoms with van der Waals surface area (Å²) in [5, 5.41) is 19.0. The molecule has 0 bridgehead atoms. The summed E-state index contributed by atoms with van der Waals surface area (Å²) in [6.45, 7) is 0. The van der Waals surface area contributed by atoms with E-state index in [0.717, 1.165) is 24.3 Å². The lowest BCUT2D eigenvalue weighted by molar-refractivity contribution is -0.393. The van der Waals surface area contributed by atoms with Gasteiger partial charge in [-0.15, -0.1) is 0 Å². The summed E-state index contributed by atoms with van der Waals surface area (Å²) >= 11 is 11.0. The highest BCUT2D eigenvalue weighted by atomic mass is 35.5. The lowest BCUT2D eigenvalue weighted by atomic mass is 9.88. The van der Waals surface area contributed by atoms with Gasteiger partial charge in [-0.1, -0.05) is 47.5 Å². The molecule has 0 heterocycles. The van der Waals surface area contributed by atoms with Gasteiger partial charge in [0.15, 0.2) is 0 Å². The maximum atomic E-state index is 14.2. The fourth-order valence-electron chi connectivity index (χ4n) is 2.47. The number of hydrogen-bond acceptors (Lipinski definition) is 2. The molecule has 0 aliphatic carbocycles. The van der Waals surface area contributed by atoms with E-state index >= 15 is 0 Å². The summed E-state index contributed by atoms with van der Waals surface area (Å²) in [4.78, 5) is 0.